The highest BCUT2D eigenvalue weighted by Crippen LogP contribution is 2.46. The van der Waals surface area contributed by atoms with E-state index in [1.165, 1.54) is 24.3 Å². The maximum absolute atomic E-state index is 17.4. The van der Waals surface area contributed by atoms with Gasteiger partial charge in [-0.05, 0) is 55.0 Å². The van der Waals surface area contributed by atoms with E-state index in [1.54, 1.807) is 17.9 Å². The van der Waals surface area contributed by atoms with Gasteiger partial charge in [-0.3, -0.25) is 9.58 Å². The zero-order chi connectivity index (χ0) is 32.2. The average molecular weight is 640 g/mol. The van der Waals surface area contributed by atoms with Gasteiger partial charge in [-0.2, -0.15) is 15.1 Å². The van der Waals surface area contributed by atoms with Crippen molar-refractivity contribution in [2.24, 2.45) is 7.05 Å². The minimum absolute atomic E-state index is 0.00690. The second-order valence-electron chi connectivity index (χ2n) is 13.5. The van der Waals surface area contributed by atoms with E-state index in [-0.39, 0.29) is 46.0 Å². The Balaban J connectivity index is 1.29. The Morgan fingerprint density at radius 3 is 2.72 bits per heavy atom. The number of rotatable bonds is 5. The Labute approximate surface area is 268 Å². The molecule has 3 aromatic carbocycles. The van der Waals surface area contributed by atoms with Crippen LogP contribution in [0.1, 0.15) is 31.2 Å². The summed E-state index contributed by atoms with van der Waals surface area (Å²) in [4.78, 5) is 13.9. The summed E-state index contributed by atoms with van der Waals surface area (Å²) in [6, 6.07) is 6.17. The zero-order valence-corrected chi connectivity index (χ0v) is 25.7. The topological polar surface area (TPSA) is 91.6 Å². The summed E-state index contributed by atoms with van der Waals surface area (Å²) in [5.74, 6) is 1.47. The van der Waals surface area contributed by atoms with Crippen LogP contribution in [0.2, 0.25) is 0 Å². The Morgan fingerprint density at radius 2 is 1.94 bits per heavy atom. The predicted molar refractivity (Wildman–Crippen MR) is 172 cm³/mol. The number of anilines is 1. The van der Waals surface area contributed by atoms with Crippen molar-refractivity contribution in [3.8, 4) is 35.2 Å². The molecule has 10 rings (SSSR count). The molecule has 5 aliphatic rings. The number of aromatic nitrogens is 4. The lowest BCUT2D eigenvalue weighted by atomic mass is 9.90. The summed E-state index contributed by atoms with van der Waals surface area (Å²) < 4.78 is 54.9. The Hall–Kier alpha value is -4.60. The molecule has 2 unspecified atom stereocenters. The Bertz CT molecular complexity index is 2160. The van der Waals surface area contributed by atoms with Crippen LogP contribution < -0.4 is 15.0 Å². The number of phenols is 1. The fourth-order valence-electron chi connectivity index (χ4n) is 8.55. The quantitative estimate of drug-likeness (QED) is 0.265. The van der Waals surface area contributed by atoms with Crippen LogP contribution in [0, 0.1) is 24.0 Å². The number of halogens is 3. The van der Waals surface area contributed by atoms with Crippen LogP contribution in [-0.4, -0.2) is 86.3 Å². The van der Waals surface area contributed by atoms with Crippen molar-refractivity contribution in [3.05, 3.63) is 47.7 Å². The number of nitrogens with one attached hydrogen (secondary N) is 1. The van der Waals surface area contributed by atoms with Crippen LogP contribution in [0.4, 0.5) is 19.0 Å². The van der Waals surface area contributed by atoms with Crippen LogP contribution in [0.3, 0.4) is 0 Å². The molecule has 0 saturated carbocycles. The van der Waals surface area contributed by atoms with Crippen molar-refractivity contribution in [1.29, 1.82) is 0 Å². The van der Waals surface area contributed by atoms with Gasteiger partial charge in [-0.25, -0.2) is 13.2 Å². The first-order valence-corrected chi connectivity index (χ1v) is 16.0. The van der Waals surface area contributed by atoms with E-state index in [0.717, 1.165) is 25.8 Å². The molecule has 0 spiro atoms. The fraction of sp³-hybridized carbons (Fsp3) is 0.400. The molecule has 2 bridgehead atoms. The van der Waals surface area contributed by atoms with Gasteiger partial charge in [0.1, 0.15) is 41.2 Å². The number of terminal acetylenes is 1. The average Bonchev–Trinajstić information content (AvgIpc) is 3.70. The van der Waals surface area contributed by atoms with Gasteiger partial charge < -0.3 is 20.1 Å². The lowest BCUT2D eigenvalue weighted by Crippen LogP contribution is -2.67. The molecule has 5 aromatic rings. The number of hydrogen-bond donors (Lipinski definition) is 2. The van der Waals surface area contributed by atoms with Crippen LogP contribution in [-0.2, 0) is 7.05 Å². The molecule has 2 N–H and O–H groups in total. The van der Waals surface area contributed by atoms with Gasteiger partial charge in [-0.1, -0.05) is 12.0 Å². The number of ether oxygens (including phenoxy) is 1. The lowest BCUT2D eigenvalue weighted by molar-refractivity contribution is 0.107. The van der Waals surface area contributed by atoms with E-state index in [9.17, 15) is 9.50 Å². The van der Waals surface area contributed by atoms with Crippen molar-refractivity contribution in [2.45, 2.75) is 49.5 Å². The molecule has 2 aromatic heterocycles. The molecule has 4 atom stereocenters. The highest BCUT2D eigenvalue weighted by Gasteiger charge is 2.49. The number of aromatic hydroxyl groups is 1. The fourth-order valence-corrected chi connectivity index (χ4v) is 8.55. The summed E-state index contributed by atoms with van der Waals surface area (Å²) in [7, 11) is 1.74. The third-order valence-electron chi connectivity index (χ3n) is 10.5. The molecule has 5 saturated heterocycles. The molecule has 12 heteroatoms. The molecule has 9 nitrogen and oxygen atoms in total. The minimum Gasteiger partial charge on any atom is -0.508 e. The monoisotopic (exact) mass is 639 g/mol. The van der Waals surface area contributed by atoms with Crippen LogP contribution in [0.5, 0.6) is 11.8 Å². The molecule has 7 heterocycles. The van der Waals surface area contributed by atoms with Crippen molar-refractivity contribution >= 4 is 38.4 Å². The molecular formula is C35H32F3N7O2. The molecular weight excluding hydrogens is 607 g/mol. The molecule has 47 heavy (non-hydrogen) atoms. The number of hydrogen-bond acceptors (Lipinski definition) is 8. The van der Waals surface area contributed by atoms with Gasteiger partial charge in [0.05, 0.1) is 16.5 Å². The van der Waals surface area contributed by atoms with E-state index in [2.05, 4.69) is 31.1 Å². The summed E-state index contributed by atoms with van der Waals surface area (Å²) >= 11 is 0. The van der Waals surface area contributed by atoms with Crippen LogP contribution in [0.25, 0.3) is 43.7 Å². The van der Waals surface area contributed by atoms with Crippen LogP contribution >= 0.6 is 0 Å². The number of piperidine rings is 1. The maximum atomic E-state index is 17.4. The van der Waals surface area contributed by atoms with Gasteiger partial charge in [0.2, 0.25) is 0 Å². The molecule has 240 valence electrons. The first-order valence-electron chi connectivity index (χ1n) is 16.0. The predicted octanol–water partition coefficient (Wildman–Crippen LogP) is 4.81. The number of piperazine rings is 1. The van der Waals surface area contributed by atoms with Gasteiger partial charge in [0.15, 0.2) is 5.82 Å². The van der Waals surface area contributed by atoms with Gasteiger partial charge in [0.25, 0.3) is 0 Å². The number of alkyl halides is 1. The molecule has 0 aliphatic carbocycles. The van der Waals surface area contributed by atoms with Crippen molar-refractivity contribution in [2.75, 3.05) is 37.7 Å². The summed E-state index contributed by atoms with van der Waals surface area (Å²) in [6.07, 6.45) is 9.84. The largest absolute Gasteiger partial charge is 0.508 e. The summed E-state index contributed by atoms with van der Waals surface area (Å²) in [5, 5.41) is 20.8. The minimum atomic E-state index is -0.923. The maximum Gasteiger partial charge on any atom is 0.319 e. The number of nitrogens with zero attached hydrogens (tertiary/aromatic N) is 6. The smallest absolute Gasteiger partial charge is 0.319 e. The third kappa shape index (κ3) is 4.29. The van der Waals surface area contributed by atoms with Crippen molar-refractivity contribution < 1.29 is 23.0 Å². The summed E-state index contributed by atoms with van der Waals surface area (Å²) in [5.41, 5.74) is 0.0568. The number of aryl methyl sites for hydroxylation is 1. The number of fused-ring (bicyclic) bond motifs is 7. The van der Waals surface area contributed by atoms with Crippen LogP contribution in [0.15, 0.2) is 30.5 Å². The third-order valence-corrected chi connectivity index (χ3v) is 10.5. The highest BCUT2D eigenvalue weighted by molar-refractivity contribution is 6.18. The van der Waals surface area contributed by atoms with E-state index < -0.39 is 23.3 Å². The molecule has 5 fully saturated rings. The normalized spacial score (nSPS) is 25.4. The van der Waals surface area contributed by atoms with E-state index in [1.807, 2.05) is 0 Å². The first-order chi connectivity index (χ1) is 22.7. The second-order valence-corrected chi connectivity index (χ2v) is 13.5. The van der Waals surface area contributed by atoms with E-state index in [0.29, 0.717) is 65.6 Å². The Morgan fingerprint density at radius 1 is 1.13 bits per heavy atom. The molecule has 5 aliphatic heterocycles. The first kappa shape index (κ1) is 28.6. The van der Waals surface area contributed by atoms with Gasteiger partial charge in [0, 0.05) is 67.7 Å². The SMILES string of the molecule is C#Cc1c(F)ccc2cc(O)cc(-c3c(F)c4nc(OC[C@@]56CCCN5C[C@H](F)C6)nc(N5CC6CC(C5)N6)c4c4cn(C)nc34)c12. The van der Waals surface area contributed by atoms with Crippen molar-refractivity contribution in [1.82, 2.24) is 30.0 Å². The Kier molecular flexibility index (Phi) is 6.21. The molecule has 0 amide bonds. The number of phenolic OH excluding ortho intramolecular Hbond substituents is 1. The van der Waals surface area contributed by atoms with Crippen molar-refractivity contribution in [3.63, 3.8) is 0 Å². The zero-order valence-electron chi connectivity index (χ0n) is 25.7. The number of benzene rings is 3. The lowest BCUT2D eigenvalue weighted by Gasteiger charge is -2.48. The second kappa shape index (κ2) is 10.2. The van der Waals surface area contributed by atoms with Gasteiger partial charge in [-0.15, -0.1) is 6.42 Å². The highest BCUT2D eigenvalue weighted by atomic mass is 19.1. The summed E-state index contributed by atoms with van der Waals surface area (Å²) in [6.45, 7) is 2.74. The van der Waals surface area contributed by atoms with E-state index >= 15 is 8.78 Å². The molecule has 0 radical (unpaired) electrons. The van der Waals surface area contributed by atoms with Gasteiger partial charge >= 0.3 is 6.01 Å². The standard InChI is InChI=1S/C35H32F3N7O2/c1-3-23-26(37)6-5-18-9-22(46)11-24(27(18)23)28-30(38)32-29(25-16-43(2)42-31(25)28)33(44-14-20-10-21(15-44)39-20)41-34(40-32)47-17-35-7-4-8-45(35)13-19(36)12-35/h1,5-6,9,11,16,19-21,39,46H,4,7-8,10,12-15,17H2,2H3/t19-,20?,21?,35+/m1/s1. The van der Waals surface area contributed by atoms with E-state index in [4.69, 9.17) is 16.1 Å².